The van der Waals surface area contributed by atoms with E-state index in [1.807, 2.05) is 30.3 Å². The molecule has 0 aliphatic carbocycles. The van der Waals surface area contributed by atoms with E-state index >= 15 is 0 Å². The normalized spacial score (nSPS) is 11.6. The first-order valence-corrected chi connectivity index (χ1v) is 8.53. The van der Waals surface area contributed by atoms with Gasteiger partial charge in [-0.15, -0.1) is 0 Å². The van der Waals surface area contributed by atoms with E-state index in [4.69, 9.17) is 9.52 Å². The summed E-state index contributed by atoms with van der Waals surface area (Å²) in [6, 6.07) is 19.1. The number of furan rings is 1. The van der Waals surface area contributed by atoms with Crippen LogP contribution in [-0.2, 0) is 0 Å². The van der Waals surface area contributed by atoms with Gasteiger partial charge in [0.2, 0.25) is 0 Å². The number of carboxylic acid groups (broad SMARTS) is 1. The molecule has 0 amide bonds. The number of hydrogen-bond donors (Lipinski definition) is 2. The lowest BCUT2D eigenvalue weighted by Gasteiger charge is -1.99. The fourth-order valence-corrected chi connectivity index (χ4v) is 2.94. The number of nitrogens with one attached hydrogen (secondary N) is 1. The summed E-state index contributed by atoms with van der Waals surface area (Å²) in [7, 11) is 0. The number of para-hydroxylation sites is 1. The summed E-state index contributed by atoms with van der Waals surface area (Å²) in [6.07, 6.45) is 1.62. The summed E-state index contributed by atoms with van der Waals surface area (Å²) in [5.74, 6) is -0.0218. The highest BCUT2D eigenvalue weighted by Crippen LogP contribution is 2.23. The molecule has 6 heteroatoms. The molecule has 28 heavy (non-hydrogen) atoms. The zero-order valence-electron chi connectivity index (χ0n) is 14.8. The molecule has 0 aliphatic rings. The first-order valence-electron chi connectivity index (χ1n) is 8.53. The lowest BCUT2D eigenvalue weighted by molar-refractivity contribution is 0.0697. The van der Waals surface area contributed by atoms with Crippen molar-refractivity contribution in [1.82, 2.24) is 9.78 Å². The van der Waals surface area contributed by atoms with Crippen LogP contribution in [0.5, 0.6) is 0 Å². The summed E-state index contributed by atoms with van der Waals surface area (Å²) in [5.41, 5.74) is 1.30. The standard InChI is InChI=1S/C22H16N2O4/c1-14-19(21(25)24(23-14)17-8-3-2-4-9-17)13-18-10-11-20(28-18)15-6-5-7-16(12-15)22(26)27/h2-13,23H,1H2,(H,26,27)/b19-13+. The Morgan fingerprint density at radius 3 is 2.61 bits per heavy atom. The maximum Gasteiger partial charge on any atom is 0.335 e. The van der Waals surface area contributed by atoms with Crippen LogP contribution >= 0.6 is 0 Å². The molecule has 0 saturated carbocycles. The van der Waals surface area contributed by atoms with Gasteiger partial charge in [-0.05, 0) is 42.5 Å². The summed E-state index contributed by atoms with van der Waals surface area (Å²) in [6.45, 7) is 3.91. The first kappa shape index (κ1) is 17.4. The molecule has 4 aromatic rings. The van der Waals surface area contributed by atoms with E-state index in [1.165, 1.54) is 16.8 Å². The van der Waals surface area contributed by atoms with Crippen molar-refractivity contribution >= 4 is 18.6 Å². The summed E-state index contributed by atoms with van der Waals surface area (Å²) < 4.78 is 7.22. The Hall–Kier alpha value is -4.06. The van der Waals surface area contributed by atoms with Crippen molar-refractivity contribution in [1.29, 1.82) is 0 Å². The SMILES string of the molecule is C=c1[nH]n(-c2ccccc2)c(=O)/c1=C/c1ccc(-c2cccc(C(=O)O)c2)o1. The number of aromatic carboxylic acids is 1. The van der Waals surface area contributed by atoms with Crippen LogP contribution in [0.25, 0.3) is 29.7 Å². The smallest absolute Gasteiger partial charge is 0.335 e. The van der Waals surface area contributed by atoms with E-state index in [0.717, 1.165) is 0 Å². The maximum absolute atomic E-state index is 12.7. The molecule has 0 aliphatic heterocycles. The molecule has 2 N–H and O–H groups in total. The Labute approximate surface area is 159 Å². The van der Waals surface area contributed by atoms with Crippen molar-refractivity contribution in [3.63, 3.8) is 0 Å². The van der Waals surface area contributed by atoms with Crippen LogP contribution in [-0.4, -0.2) is 20.9 Å². The molecule has 0 fully saturated rings. The topological polar surface area (TPSA) is 88.2 Å². The van der Waals surface area contributed by atoms with Gasteiger partial charge in [0.05, 0.1) is 21.8 Å². The number of aromatic nitrogens is 2. The molecule has 0 unspecified atom stereocenters. The van der Waals surface area contributed by atoms with Crippen molar-refractivity contribution in [2.24, 2.45) is 0 Å². The number of H-pyrrole nitrogens is 1. The van der Waals surface area contributed by atoms with E-state index in [-0.39, 0.29) is 11.1 Å². The van der Waals surface area contributed by atoms with E-state index in [2.05, 4.69) is 11.7 Å². The molecule has 2 aromatic heterocycles. The molecule has 6 nitrogen and oxygen atoms in total. The lowest BCUT2D eigenvalue weighted by atomic mass is 10.1. The molecule has 2 aromatic carbocycles. The van der Waals surface area contributed by atoms with Crippen molar-refractivity contribution in [2.45, 2.75) is 0 Å². The van der Waals surface area contributed by atoms with E-state index in [9.17, 15) is 9.59 Å². The molecular formula is C22H16N2O4. The fraction of sp³-hybridized carbons (Fsp3) is 0. The molecule has 4 rings (SSSR count). The molecule has 0 radical (unpaired) electrons. The van der Waals surface area contributed by atoms with Crippen LogP contribution in [0, 0.1) is 0 Å². The molecule has 0 bridgehead atoms. The van der Waals surface area contributed by atoms with Gasteiger partial charge in [0, 0.05) is 5.56 Å². The van der Waals surface area contributed by atoms with Crippen LogP contribution in [0.15, 0.2) is 75.9 Å². The third-order valence-corrected chi connectivity index (χ3v) is 4.33. The van der Waals surface area contributed by atoms with Crippen molar-refractivity contribution in [3.05, 3.63) is 99.0 Å². The molecule has 0 atom stereocenters. The minimum absolute atomic E-state index is 0.177. The number of carbonyl (C=O) groups is 1. The van der Waals surface area contributed by atoms with Gasteiger partial charge in [0.15, 0.2) is 0 Å². The van der Waals surface area contributed by atoms with Crippen LogP contribution in [0.2, 0.25) is 0 Å². The second-order valence-electron chi connectivity index (χ2n) is 6.21. The van der Waals surface area contributed by atoms with Crippen molar-refractivity contribution in [3.8, 4) is 17.0 Å². The predicted octanol–water partition coefficient (Wildman–Crippen LogP) is 2.36. The van der Waals surface area contributed by atoms with Gasteiger partial charge >= 0.3 is 5.97 Å². The van der Waals surface area contributed by atoms with Gasteiger partial charge in [-0.2, -0.15) is 0 Å². The van der Waals surface area contributed by atoms with Gasteiger partial charge in [0.1, 0.15) is 11.5 Å². The lowest BCUT2D eigenvalue weighted by Crippen LogP contribution is -2.33. The van der Waals surface area contributed by atoms with Crippen LogP contribution in [0.4, 0.5) is 0 Å². The summed E-state index contributed by atoms with van der Waals surface area (Å²) >= 11 is 0. The molecule has 138 valence electrons. The Kier molecular flexibility index (Phi) is 4.29. The minimum atomic E-state index is -1.00. The van der Waals surface area contributed by atoms with Crippen molar-refractivity contribution < 1.29 is 14.3 Å². The van der Waals surface area contributed by atoms with Crippen LogP contribution in [0.1, 0.15) is 16.1 Å². The number of hydrogen-bond acceptors (Lipinski definition) is 3. The Morgan fingerprint density at radius 2 is 1.86 bits per heavy atom. The second-order valence-corrected chi connectivity index (χ2v) is 6.21. The minimum Gasteiger partial charge on any atom is -0.478 e. The largest absolute Gasteiger partial charge is 0.478 e. The number of benzene rings is 2. The van der Waals surface area contributed by atoms with E-state index in [0.29, 0.717) is 33.3 Å². The average molecular weight is 372 g/mol. The van der Waals surface area contributed by atoms with Gasteiger partial charge in [-0.1, -0.05) is 36.9 Å². The highest BCUT2D eigenvalue weighted by Gasteiger charge is 2.09. The maximum atomic E-state index is 12.7. The fourth-order valence-electron chi connectivity index (χ4n) is 2.94. The Morgan fingerprint density at radius 1 is 1.07 bits per heavy atom. The first-order chi connectivity index (χ1) is 13.5. The molecular weight excluding hydrogens is 356 g/mol. The number of carboxylic acids is 1. The number of aromatic amines is 1. The Balaban J connectivity index is 1.75. The Bertz CT molecular complexity index is 1330. The van der Waals surface area contributed by atoms with Gasteiger partial charge in [-0.3, -0.25) is 9.89 Å². The van der Waals surface area contributed by atoms with Gasteiger partial charge in [-0.25, -0.2) is 9.48 Å². The second kappa shape index (κ2) is 6.92. The van der Waals surface area contributed by atoms with Gasteiger partial charge in [0.25, 0.3) is 5.56 Å². The third kappa shape index (κ3) is 3.19. The summed E-state index contributed by atoms with van der Waals surface area (Å²) in [4.78, 5) is 23.9. The monoisotopic (exact) mass is 372 g/mol. The quantitative estimate of drug-likeness (QED) is 0.576. The van der Waals surface area contributed by atoms with E-state index < -0.39 is 5.97 Å². The third-order valence-electron chi connectivity index (χ3n) is 4.33. The van der Waals surface area contributed by atoms with E-state index in [1.54, 1.807) is 30.3 Å². The molecule has 0 saturated heterocycles. The highest BCUT2D eigenvalue weighted by atomic mass is 16.4. The predicted molar refractivity (Wildman–Crippen MR) is 106 cm³/mol. The molecule has 2 heterocycles. The zero-order valence-corrected chi connectivity index (χ0v) is 14.8. The van der Waals surface area contributed by atoms with Gasteiger partial charge < -0.3 is 9.52 Å². The average Bonchev–Trinajstić information content (AvgIpc) is 3.29. The zero-order chi connectivity index (χ0) is 19.7. The van der Waals surface area contributed by atoms with Crippen LogP contribution in [0.3, 0.4) is 0 Å². The summed E-state index contributed by atoms with van der Waals surface area (Å²) in [5, 5.41) is 13.0. The van der Waals surface area contributed by atoms with Crippen LogP contribution < -0.4 is 16.1 Å². The van der Waals surface area contributed by atoms with Crippen molar-refractivity contribution in [2.75, 3.05) is 0 Å². The highest BCUT2D eigenvalue weighted by molar-refractivity contribution is 5.89. The number of rotatable bonds is 4. The molecule has 0 spiro atoms. The number of nitrogens with zero attached hydrogens (tertiary/aromatic N) is 1.